The second-order valence-corrected chi connectivity index (χ2v) is 8.48. The minimum absolute atomic E-state index is 0.0871. The summed E-state index contributed by atoms with van der Waals surface area (Å²) in [7, 11) is 0. The standard InChI is InChI=1S/C21H23N3O2S/c1-21(2,3)20(26)23-15-8-6-7-14(13-15)19(25)22-12-11-18-24-16-9-4-5-10-17(16)27-18/h4-10,13H,11-12H2,1-3H3,(H,22,25)(H,23,26). The topological polar surface area (TPSA) is 71.1 Å². The summed E-state index contributed by atoms with van der Waals surface area (Å²) in [6.45, 7) is 6.06. The van der Waals surface area contributed by atoms with Crippen molar-refractivity contribution in [3.63, 3.8) is 0 Å². The lowest BCUT2D eigenvalue weighted by atomic mass is 9.95. The van der Waals surface area contributed by atoms with E-state index < -0.39 is 5.41 Å². The molecule has 0 spiro atoms. The van der Waals surface area contributed by atoms with Gasteiger partial charge in [0.1, 0.15) is 0 Å². The second kappa shape index (κ2) is 7.88. The number of amides is 2. The zero-order valence-electron chi connectivity index (χ0n) is 15.7. The van der Waals surface area contributed by atoms with Crippen LogP contribution < -0.4 is 10.6 Å². The van der Waals surface area contributed by atoms with Gasteiger partial charge < -0.3 is 10.6 Å². The summed E-state index contributed by atoms with van der Waals surface area (Å²) in [5, 5.41) is 6.77. The van der Waals surface area contributed by atoms with E-state index in [4.69, 9.17) is 0 Å². The minimum atomic E-state index is -0.491. The van der Waals surface area contributed by atoms with Gasteiger partial charge in [-0.3, -0.25) is 9.59 Å². The molecule has 0 aliphatic heterocycles. The number of carbonyl (C=O) groups excluding carboxylic acids is 2. The van der Waals surface area contributed by atoms with Crippen LogP contribution in [0.15, 0.2) is 48.5 Å². The normalized spacial score (nSPS) is 11.4. The quantitative estimate of drug-likeness (QED) is 0.694. The Morgan fingerprint density at radius 3 is 2.59 bits per heavy atom. The van der Waals surface area contributed by atoms with Crippen molar-refractivity contribution in [1.82, 2.24) is 10.3 Å². The van der Waals surface area contributed by atoms with Crippen LogP contribution >= 0.6 is 11.3 Å². The summed E-state index contributed by atoms with van der Waals surface area (Å²) in [6.07, 6.45) is 0.686. The molecule has 2 amide bonds. The van der Waals surface area contributed by atoms with Crippen LogP contribution in [0.2, 0.25) is 0 Å². The first-order valence-corrected chi connectivity index (χ1v) is 9.69. The molecule has 0 saturated heterocycles. The first-order valence-electron chi connectivity index (χ1n) is 8.87. The first-order chi connectivity index (χ1) is 12.8. The van der Waals surface area contributed by atoms with Gasteiger partial charge in [0.25, 0.3) is 5.91 Å². The molecule has 2 N–H and O–H groups in total. The van der Waals surface area contributed by atoms with E-state index in [0.29, 0.717) is 24.2 Å². The third kappa shape index (κ3) is 4.92. The van der Waals surface area contributed by atoms with Crippen LogP contribution in [0.25, 0.3) is 10.2 Å². The Bertz CT molecular complexity index is 940. The molecule has 0 radical (unpaired) electrons. The molecule has 2 aromatic carbocycles. The van der Waals surface area contributed by atoms with Crippen LogP contribution in [-0.2, 0) is 11.2 Å². The van der Waals surface area contributed by atoms with Gasteiger partial charge in [0.2, 0.25) is 5.91 Å². The fraction of sp³-hybridized carbons (Fsp3) is 0.286. The van der Waals surface area contributed by atoms with E-state index in [1.807, 2.05) is 45.0 Å². The van der Waals surface area contributed by atoms with Crippen molar-refractivity contribution in [1.29, 1.82) is 0 Å². The van der Waals surface area contributed by atoms with E-state index >= 15 is 0 Å². The molecule has 0 saturated carbocycles. The van der Waals surface area contributed by atoms with E-state index in [1.165, 1.54) is 0 Å². The molecule has 0 bridgehead atoms. The Balaban J connectivity index is 1.57. The number of thiazole rings is 1. The maximum Gasteiger partial charge on any atom is 0.251 e. The number of nitrogens with one attached hydrogen (secondary N) is 2. The van der Waals surface area contributed by atoms with Crippen molar-refractivity contribution in [2.24, 2.45) is 5.41 Å². The van der Waals surface area contributed by atoms with Gasteiger partial charge in [-0.25, -0.2) is 4.98 Å². The molecule has 1 heterocycles. The molecule has 0 unspecified atom stereocenters. The van der Waals surface area contributed by atoms with Gasteiger partial charge in [0.15, 0.2) is 0 Å². The third-order valence-corrected chi connectivity index (χ3v) is 5.12. The molecule has 1 aromatic heterocycles. The molecule has 0 fully saturated rings. The number of carbonyl (C=O) groups is 2. The third-order valence-electron chi connectivity index (χ3n) is 4.03. The molecule has 140 valence electrons. The van der Waals surface area contributed by atoms with E-state index in [9.17, 15) is 9.59 Å². The van der Waals surface area contributed by atoms with E-state index in [-0.39, 0.29) is 11.8 Å². The maximum atomic E-state index is 12.4. The zero-order valence-corrected chi connectivity index (χ0v) is 16.5. The summed E-state index contributed by atoms with van der Waals surface area (Å²) in [5.74, 6) is -0.251. The Morgan fingerprint density at radius 2 is 1.85 bits per heavy atom. The number of benzene rings is 2. The number of anilines is 1. The number of rotatable bonds is 5. The maximum absolute atomic E-state index is 12.4. The minimum Gasteiger partial charge on any atom is -0.352 e. The highest BCUT2D eigenvalue weighted by Gasteiger charge is 2.21. The summed E-state index contributed by atoms with van der Waals surface area (Å²) in [5.41, 5.74) is 1.64. The van der Waals surface area contributed by atoms with Gasteiger partial charge in [-0.2, -0.15) is 0 Å². The monoisotopic (exact) mass is 381 g/mol. The lowest BCUT2D eigenvalue weighted by Crippen LogP contribution is -2.28. The summed E-state index contributed by atoms with van der Waals surface area (Å²) in [4.78, 5) is 29.1. The molecule has 3 aromatic rings. The van der Waals surface area contributed by atoms with E-state index in [2.05, 4.69) is 15.6 Å². The van der Waals surface area contributed by atoms with Crippen LogP contribution in [0.3, 0.4) is 0 Å². The predicted molar refractivity (Wildman–Crippen MR) is 110 cm³/mol. The van der Waals surface area contributed by atoms with Crippen LogP contribution in [0, 0.1) is 5.41 Å². The Labute approximate surface area is 162 Å². The van der Waals surface area contributed by atoms with Crippen molar-refractivity contribution in [2.75, 3.05) is 11.9 Å². The fourth-order valence-electron chi connectivity index (χ4n) is 2.47. The average molecular weight is 382 g/mol. The number of hydrogen-bond donors (Lipinski definition) is 2. The molecule has 3 rings (SSSR count). The summed E-state index contributed by atoms with van der Waals surface area (Å²) < 4.78 is 1.15. The molecule has 27 heavy (non-hydrogen) atoms. The molecule has 0 aliphatic rings. The molecular formula is C21H23N3O2S. The van der Waals surface area contributed by atoms with Crippen LogP contribution in [0.1, 0.15) is 36.1 Å². The SMILES string of the molecule is CC(C)(C)C(=O)Nc1cccc(C(=O)NCCc2nc3ccccc3s2)c1. The van der Waals surface area contributed by atoms with Gasteiger partial charge in [-0.05, 0) is 30.3 Å². The Morgan fingerprint density at radius 1 is 1.07 bits per heavy atom. The smallest absolute Gasteiger partial charge is 0.251 e. The lowest BCUT2D eigenvalue weighted by Gasteiger charge is -2.18. The summed E-state index contributed by atoms with van der Waals surface area (Å²) in [6, 6.07) is 15.0. The van der Waals surface area contributed by atoms with Crippen molar-refractivity contribution in [3.05, 3.63) is 59.1 Å². The largest absolute Gasteiger partial charge is 0.352 e. The number of fused-ring (bicyclic) bond motifs is 1. The van der Waals surface area contributed by atoms with Gasteiger partial charge in [0, 0.05) is 29.6 Å². The number of nitrogens with zero attached hydrogens (tertiary/aromatic N) is 1. The van der Waals surface area contributed by atoms with E-state index in [1.54, 1.807) is 35.6 Å². The van der Waals surface area contributed by atoms with Gasteiger partial charge >= 0.3 is 0 Å². The fourth-order valence-corrected chi connectivity index (χ4v) is 3.44. The molecule has 0 aliphatic carbocycles. The van der Waals surface area contributed by atoms with E-state index in [0.717, 1.165) is 15.2 Å². The Hall–Kier alpha value is -2.73. The first kappa shape index (κ1) is 19.0. The molecule has 5 nitrogen and oxygen atoms in total. The second-order valence-electron chi connectivity index (χ2n) is 7.37. The zero-order chi connectivity index (χ0) is 19.4. The van der Waals surface area contributed by atoms with Crippen LogP contribution in [-0.4, -0.2) is 23.3 Å². The Kier molecular flexibility index (Phi) is 5.56. The molecule has 0 atom stereocenters. The predicted octanol–water partition coefficient (Wildman–Crippen LogP) is 4.25. The highest BCUT2D eigenvalue weighted by atomic mass is 32.1. The van der Waals surface area contributed by atoms with Crippen LogP contribution in [0.5, 0.6) is 0 Å². The highest BCUT2D eigenvalue weighted by Crippen LogP contribution is 2.21. The van der Waals surface area contributed by atoms with Crippen molar-refractivity contribution < 1.29 is 9.59 Å². The highest BCUT2D eigenvalue weighted by molar-refractivity contribution is 7.18. The summed E-state index contributed by atoms with van der Waals surface area (Å²) >= 11 is 1.65. The average Bonchev–Trinajstić information content (AvgIpc) is 3.03. The number of aromatic nitrogens is 1. The van der Waals surface area contributed by atoms with Gasteiger partial charge in [-0.15, -0.1) is 11.3 Å². The molecular weight excluding hydrogens is 358 g/mol. The van der Waals surface area contributed by atoms with Gasteiger partial charge in [-0.1, -0.05) is 39.0 Å². The van der Waals surface area contributed by atoms with Crippen LogP contribution in [0.4, 0.5) is 5.69 Å². The molecule has 6 heteroatoms. The van der Waals surface area contributed by atoms with Crippen molar-refractivity contribution >= 4 is 39.1 Å². The lowest BCUT2D eigenvalue weighted by molar-refractivity contribution is -0.123. The number of para-hydroxylation sites is 1. The van der Waals surface area contributed by atoms with Crippen molar-refractivity contribution in [3.8, 4) is 0 Å². The van der Waals surface area contributed by atoms with Crippen molar-refractivity contribution in [2.45, 2.75) is 27.2 Å². The van der Waals surface area contributed by atoms with Gasteiger partial charge in [0.05, 0.1) is 15.2 Å². The number of hydrogen-bond acceptors (Lipinski definition) is 4.